The highest BCUT2D eigenvalue weighted by Crippen LogP contribution is 2.25. The van der Waals surface area contributed by atoms with E-state index in [0.29, 0.717) is 0 Å². The molecule has 20 heavy (non-hydrogen) atoms. The Morgan fingerprint density at radius 1 is 0.850 bits per heavy atom. The minimum absolute atomic E-state index is 0.0274. The highest BCUT2D eigenvalue weighted by atomic mass is 16.5. The summed E-state index contributed by atoms with van der Waals surface area (Å²) in [5.41, 5.74) is 2.42. The van der Waals surface area contributed by atoms with Gasteiger partial charge >= 0.3 is 0 Å². The summed E-state index contributed by atoms with van der Waals surface area (Å²) in [7, 11) is 4.18. The van der Waals surface area contributed by atoms with Crippen molar-refractivity contribution in [3.63, 3.8) is 0 Å². The minimum Gasteiger partial charge on any atom is -0.369 e. The normalized spacial score (nSPS) is 11.2. The van der Waals surface area contributed by atoms with Crippen LogP contribution in [0.5, 0.6) is 0 Å². The van der Waals surface area contributed by atoms with Crippen LogP contribution in [0.15, 0.2) is 60.7 Å². The van der Waals surface area contributed by atoms with Gasteiger partial charge in [0.05, 0.1) is 0 Å². The summed E-state index contributed by atoms with van der Waals surface area (Å²) in [6.07, 6.45) is 1.07. The van der Waals surface area contributed by atoms with Gasteiger partial charge in [0.2, 0.25) is 0 Å². The highest BCUT2D eigenvalue weighted by molar-refractivity contribution is 5.29. The van der Waals surface area contributed by atoms with Gasteiger partial charge in [0.15, 0.2) is 0 Å². The Bertz CT molecular complexity index is 442. The van der Waals surface area contributed by atoms with Crippen LogP contribution in [-0.4, -0.2) is 32.1 Å². The average molecular weight is 269 g/mol. The lowest BCUT2D eigenvalue weighted by Crippen LogP contribution is -2.16. The molecule has 0 heterocycles. The molecule has 0 saturated carbocycles. The number of benzene rings is 2. The van der Waals surface area contributed by atoms with Crippen LogP contribution in [-0.2, 0) is 4.74 Å². The summed E-state index contributed by atoms with van der Waals surface area (Å²) in [5, 5.41) is 0. The Balaban J connectivity index is 2.06. The zero-order valence-electron chi connectivity index (χ0n) is 12.3. The van der Waals surface area contributed by atoms with Crippen molar-refractivity contribution in [1.82, 2.24) is 4.90 Å². The van der Waals surface area contributed by atoms with Gasteiger partial charge in [-0.3, -0.25) is 0 Å². The Hall–Kier alpha value is -1.64. The van der Waals surface area contributed by atoms with Crippen LogP contribution in [0.25, 0.3) is 0 Å². The van der Waals surface area contributed by atoms with Crippen LogP contribution < -0.4 is 0 Å². The topological polar surface area (TPSA) is 12.5 Å². The van der Waals surface area contributed by atoms with Gasteiger partial charge in [-0.15, -0.1) is 0 Å². The summed E-state index contributed by atoms with van der Waals surface area (Å²) in [4.78, 5) is 2.18. The smallest absolute Gasteiger partial charge is 0.108 e. The molecule has 0 saturated heterocycles. The standard InChI is InChI=1S/C18H23NO/c1-19(2)14-9-15-20-18(16-10-5-3-6-11-16)17-12-7-4-8-13-17/h3-8,10-13,18H,9,14-15H2,1-2H3. The molecule has 0 N–H and O–H groups in total. The molecule has 2 aromatic carbocycles. The van der Waals surface area contributed by atoms with Crippen molar-refractivity contribution < 1.29 is 4.74 Å². The Labute approximate surface area is 122 Å². The van der Waals surface area contributed by atoms with Crippen molar-refractivity contribution in [2.45, 2.75) is 12.5 Å². The number of nitrogens with zero attached hydrogens (tertiary/aromatic N) is 1. The molecular formula is C18H23NO. The highest BCUT2D eigenvalue weighted by Gasteiger charge is 2.13. The summed E-state index contributed by atoms with van der Waals surface area (Å²) >= 11 is 0. The molecule has 2 nitrogen and oxygen atoms in total. The van der Waals surface area contributed by atoms with E-state index < -0.39 is 0 Å². The zero-order chi connectivity index (χ0) is 14.2. The molecule has 0 spiro atoms. The van der Waals surface area contributed by atoms with Crippen molar-refractivity contribution in [3.05, 3.63) is 71.8 Å². The Morgan fingerprint density at radius 2 is 1.35 bits per heavy atom. The molecule has 0 bridgehead atoms. The van der Waals surface area contributed by atoms with Gasteiger partial charge in [-0.25, -0.2) is 0 Å². The molecule has 2 heteroatoms. The lowest BCUT2D eigenvalue weighted by Gasteiger charge is -2.19. The van der Waals surface area contributed by atoms with Crippen molar-refractivity contribution in [3.8, 4) is 0 Å². The fourth-order valence-corrected chi connectivity index (χ4v) is 2.22. The molecule has 2 aromatic rings. The monoisotopic (exact) mass is 269 g/mol. The predicted octanol–water partition coefficient (Wildman–Crippen LogP) is 3.74. The molecule has 0 unspecified atom stereocenters. The summed E-state index contributed by atoms with van der Waals surface area (Å²) < 4.78 is 6.14. The van der Waals surface area contributed by atoms with Crippen LogP contribution >= 0.6 is 0 Å². The van der Waals surface area contributed by atoms with Crippen LogP contribution in [0.4, 0.5) is 0 Å². The first-order valence-electron chi connectivity index (χ1n) is 7.13. The maximum absolute atomic E-state index is 6.14. The van der Waals surface area contributed by atoms with Crippen LogP contribution in [0, 0.1) is 0 Å². The van der Waals surface area contributed by atoms with E-state index in [4.69, 9.17) is 4.74 Å². The van der Waals surface area contributed by atoms with Gasteiger partial charge in [-0.2, -0.15) is 0 Å². The molecule has 0 amide bonds. The predicted molar refractivity (Wildman–Crippen MR) is 83.9 cm³/mol. The second kappa shape index (κ2) is 7.83. The van der Waals surface area contributed by atoms with E-state index >= 15 is 0 Å². The molecule has 0 fully saturated rings. The summed E-state index contributed by atoms with van der Waals surface area (Å²) in [6, 6.07) is 20.8. The van der Waals surface area contributed by atoms with Gasteiger partial charge in [0.25, 0.3) is 0 Å². The number of rotatable bonds is 7. The van der Waals surface area contributed by atoms with Gasteiger partial charge in [-0.05, 0) is 38.2 Å². The second-order valence-electron chi connectivity index (χ2n) is 5.23. The third kappa shape index (κ3) is 4.48. The van der Waals surface area contributed by atoms with Crippen molar-refractivity contribution in [2.75, 3.05) is 27.2 Å². The lowest BCUT2D eigenvalue weighted by molar-refractivity contribution is 0.0744. The molecule has 0 aliphatic heterocycles. The first-order chi connectivity index (χ1) is 9.77. The van der Waals surface area contributed by atoms with E-state index in [0.717, 1.165) is 19.6 Å². The van der Waals surface area contributed by atoms with E-state index in [1.54, 1.807) is 0 Å². The SMILES string of the molecule is CN(C)CCCOC(c1ccccc1)c1ccccc1. The van der Waals surface area contributed by atoms with Crippen LogP contribution in [0.1, 0.15) is 23.7 Å². The van der Waals surface area contributed by atoms with E-state index in [1.807, 2.05) is 12.1 Å². The van der Waals surface area contributed by atoms with Crippen molar-refractivity contribution in [2.24, 2.45) is 0 Å². The fraction of sp³-hybridized carbons (Fsp3) is 0.333. The fourth-order valence-electron chi connectivity index (χ4n) is 2.22. The van der Waals surface area contributed by atoms with Crippen LogP contribution in [0.2, 0.25) is 0 Å². The molecular weight excluding hydrogens is 246 g/mol. The van der Waals surface area contributed by atoms with Crippen LogP contribution in [0.3, 0.4) is 0 Å². The summed E-state index contributed by atoms with van der Waals surface area (Å²) in [6.45, 7) is 1.82. The third-order valence-corrected chi connectivity index (χ3v) is 3.24. The largest absolute Gasteiger partial charge is 0.369 e. The third-order valence-electron chi connectivity index (χ3n) is 3.24. The molecule has 106 valence electrons. The maximum Gasteiger partial charge on any atom is 0.108 e. The molecule has 0 atom stereocenters. The van der Waals surface area contributed by atoms with Gasteiger partial charge < -0.3 is 9.64 Å². The number of ether oxygens (including phenoxy) is 1. The zero-order valence-corrected chi connectivity index (χ0v) is 12.3. The van der Waals surface area contributed by atoms with Crippen molar-refractivity contribution >= 4 is 0 Å². The first-order valence-corrected chi connectivity index (χ1v) is 7.13. The second-order valence-corrected chi connectivity index (χ2v) is 5.23. The maximum atomic E-state index is 6.14. The number of hydrogen-bond donors (Lipinski definition) is 0. The molecule has 0 aliphatic carbocycles. The minimum atomic E-state index is 0.0274. The van der Waals surface area contributed by atoms with Crippen molar-refractivity contribution in [1.29, 1.82) is 0 Å². The van der Waals surface area contributed by atoms with Gasteiger partial charge in [-0.1, -0.05) is 60.7 Å². The average Bonchev–Trinajstić information content (AvgIpc) is 2.49. The molecule has 2 rings (SSSR count). The lowest BCUT2D eigenvalue weighted by atomic mass is 10.0. The molecule has 0 radical (unpaired) electrons. The molecule has 0 aromatic heterocycles. The summed E-state index contributed by atoms with van der Waals surface area (Å²) in [5.74, 6) is 0. The van der Waals surface area contributed by atoms with E-state index in [9.17, 15) is 0 Å². The first kappa shape index (κ1) is 14.8. The van der Waals surface area contributed by atoms with Gasteiger partial charge in [0, 0.05) is 6.61 Å². The number of hydrogen-bond acceptors (Lipinski definition) is 2. The van der Waals surface area contributed by atoms with E-state index in [-0.39, 0.29) is 6.10 Å². The van der Waals surface area contributed by atoms with E-state index in [2.05, 4.69) is 67.5 Å². The van der Waals surface area contributed by atoms with Gasteiger partial charge in [0.1, 0.15) is 6.10 Å². The molecule has 0 aliphatic rings. The Kier molecular flexibility index (Phi) is 5.78. The van der Waals surface area contributed by atoms with E-state index in [1.165, 1.54) is 11.1 Å². The quantitative estimate of drug-likeness (QED) is 0.710. The Morgan fingerprint density at radius 3 is 1.80 bits per heavy atom.